The van der Waals surface area contributed by atoms with E-state index in [-0.39, 0.29) is 42.7 Å². The Bertz CT molecular complexity index is 2140. The first-order valence-corrected chi connectivity index (χ1v) is 18.6. The van der Waals surface area contributed by atoms with Crippen LogP contribution in [0, 0.1) is 11.2 Å². The zero-order valence-corrected chi connectivity index (χ0v) is 29.1. The summed E-state index contributed by atoms with van der Waals surface area (Å²) in [5, 5.41) is 11.3. The van der Waals surface area contributed by atoms with E-state index in [1.807, 2.05) is 0 Å². The normalized spacial score (nSPS) is 13.6. The first-order chi connectivity index (χ1) is 24.1. The molecule has 0 spiro atoms. The smallest absolute Gasteiger partial charge is 0.416 e. The molecule has 1 fully saturated rings. The highest BCUT2D eigenvalue weighted by molar-refractivity contribution is 14.2. The van der Waals surface area contributed by atoms with Gasteiger partial charge in [-0.2, -0.15) is 28.2 Å². The van der Waals surface area contributed by atoms with Gasteiger partial charge in [0.25, 0.3) is 11.5 Å². The van der Waals surface area contributed by atoms with Crippen molar-refractivity contribution in [3.05, 3.63) is 112 Å². The largest absolute Gasteiger partial charge is 0.484 e. The zero-order chi connectivity index (χ0) is 35.3. The summed E-state index contributed by atoms with van der Waals surface area (Å²) < 4.78 is 45.5. The van der Waals surface area contributed by atoms with E-state index in [1.165, 1.54) is 42.8 Å². The van der Waals surface area contributed by atoms with E-state index >= 15 is 0 Å². The van der Waals surface area contributed by atoms with Gasteiger partial charge in [0, 0.05) is 58.5 Å². The van der Waals surface area contributed by atoms with Crippen LogP contribution in [-0.4, -0.2) is 78.8 Å². The average Bonchev–Trinajstić information content (AvgIpc) is 3.63. The first-order valence-electron chi connectivity index (χ1n) is 15.2. The molecule has 0 aliphatic carbocycles. The number of Topliss-reactive ketones (excluding diaryl/α,β-unsaturated/α-hetero) is 1. The maximum Gasteiger partial charge on any atom is 0.416 e. The molecule has 0 atom stereocenters. The molecule has 3 aromatic carbocycles. The zero-order valence-electron chi connectivity index (χ0n) is 26.1. The van der Waals surface area contributed by atoms with Crippen LogP contribution in [0.3, 0.4) is 0 Å². The van der Waals surface area contributed by atoms with E-state index in [4.69, 9.17) is 9.72 Å². The molecule has 1 aliphatic rings. The van der Waals surface area contributed by atoms with Gasteiger partial charge in [-0.15, -0.1) is 0 Å². The molecule has 2 aromatic heterocycles. The van der Waals surface area contributed by atoms with Crippen LogP contribution < -0.4 is 10.3 Å². The molecule has 11 nitrogen and oxygen atoms in total. The number of rotatable bonds is 9. The molecule has 1 aliphatic heterocycles. The Labute approximate surface area is 300 Å². The Balaban J connectivity index is 1.22. The number of alkyl halides is 3. The van der Waals surface area contributed by atoms with Crippen LogP contribution in [0.1, 0.15) is 27.3 Å². The number of carbonyl (C=O) groups excluding carboxylic acids is 2. The minimum Gasteiger partial charge on any atom is -0.484 e. The maximum atomic E-state index is 14.3. The maximum absolute atomic E-state index is 14.3. The third-order valence-electron chi connectivity index (χ3n) is 8.00. The van der Waals surface area contributed by atoms with Gasteiger partial charge < -0.3 is 9.64 Å². The summed E-state index contributed by atoms with van der Waals surface area (Å²) in [5.41, 5.74) is 0.717. The molecule has 5 aromatic rings. The van der Waals surface area contributed by atoms with Gasteiger partial charge in [-0.3, -0.25) is 23.9 Å². The van der Waals surface area contributed by atoms with Crippen LogP contribution in [0.15, 0.2) is 83.9 Å². The molecular weight excluding hydrogens is 786 g/mol. The fraction of sp³-hybridized carbons (Fsp3) is 0.235. The van der Waals surface area contributed by atoms with Crippen molar-refractivity contribution in [2.75, 3.05) is 32.8 Å². The molecule has 1 amide bonds. The topological polar surface area (TPSA) is 115 Å². The van der Waals surface area contributed by atoms with Gasteiger partial charge >= 0.3 is 6.18 Å². The van der Waals surface area contributed by atoms with E-state index in [1.54, 1.807) is 47.4 Å². The number of nitrogens with zero attached hydrogens (tertiary/aromatic N) is 7. The number of fused-ring (bicyclic) bond motifs is 1. The van der Waals surface area contributed by atoms with Crippen molar-refractivity contribution in [1.29, 1.82) is 0 Å². The van der Waals surface area contributed by atoms with E-state index < -0.39 is 11.7 Å². The van der Waals surface area contributed by atoms with E-state index in [0.29, 0.717) is 59.7 Å². The predicted molar refractivity (Wildman–Crippen MR) is 189 cm³/mol. The summed E-state index contributed by atoms with van der Waals surface area (Å²) in [6, 6.07) is 16.3. The fourth-order valence-electron chi connectivity index (χ4n) is 5.52. The minimum atomic E-state index is -4.46. The summed E-state index contributed by atoms with van der Waals surface area (Å²) in [6.45, 7) is 1.55. The number of carbonyl (C=O) groups is 2. The highest BCUT2D eigenvalue weighted by Crippen LogP contribution is 2.30. The molecule has 0 saturated carbocycles. The third-order valence-corrected chi connectivity index (χ3v) is 8.84. The lowest BCUT2D eigenvalue weighted by Gasteiger charge is -2.34. The summed E-state index contributed by atoms with van der Waals surface area (Å²) in [5.74, 6) is 3.11. The lowest BCUT2D eigenvalue weighted by atomic mass is 10.1. The van der Waals surface area contributed by atoms with Gasteiger partial charge in [0.15, 0.2) is 12.4 Å². The molecule has 0 radical (unpaired) electrons. The van der Waals surface area contributed by atoms with Gasteiger partial charge in [0.2, 0.25) is 0 Å². The van der Waals surface area contributed by atoms with Crippen LogP contribution in [-0.2, 0) is 24.1 Å². The van der Waals surface area contributed by atoms with Crippen molar-refractivity contribution in [3.63, 3.8) is 0 Å². The number of halogens is 4. The fourth-order valence-corrected chi connectivity index (χ4v) is 6.00. The first kappa shape index (κ1) is 35.1. The molecule has 50 heavy (non-hydrogen) atoms. The number of ketones is 1. The van der Waals surface area contributed by atoms with Crippen molar-refractivity contribution in [3.8, 4) is 22.6 Å². The van der Waals surface area contributed by atoms with Crippen molar-refractivity contribution in [2.45, 2.75) is 19.3 Å². The minimum absolute atomic E-state index is 0.0692. The number of ether oxygens (including phenoxy) is 1. The lowest BCUT2D eigenvalue weighted by molar-refractivity contribution is -0.138. The molecule has 3 heterocycles. The second kappa shape index (κ2) is 15.4. The van der Waals surface area contributed by atoms with Crippen molar-refractivity contribution in [2.24, 2.45) is 0 Å². The summed E-state index contributed by atoms with van der Waals surface area (Å²) in [4.78, 5) is 50.2. The third kappa shape index (κ3) is 8.17. The van der Waals surface area contributed by atoms with Crippen LogP contribution >= 0.6 is 30.1 Å². The summed E-state index contributed by atoms with van der Waals surface area (Å²) >= 11 is 2.06. The number of aromatic nitrogens is 5. The highest BCUT2D eigenvalue weighted by Gasteiger charge is 2.30. The molecular formula is C34H27F3IN7O4S. The predicted octanol–water partition coefficient (Wildman–Crippen LogP) is 4.99. The molecule has 256 valence electrons. The summed E-state index contributed by atoms with van der Waals surface area (Å²) in [7, 11) is 1.30. The van der Waals surface area contributed by atoms with Gasteiger partial charge in [0.1, 0.15) is 18.1 Å². The van der Waals surface area contributed by atoms with Crippen LogP contribution in [0.5, 0.6) is 5.75 Å². The Morgan fingerprint density at radius 1 is 0.960 bits per heavy atom. The number of hydrogen-bond acceptors (Lipinski definition) is 9. The quantitative estimate of drug-likeness (QED) is 0.115. The molecule has 1 saturated heterocycles. The number of hydrogen-bond donors (Lipinski definition) is 0. The number of benzene rings is 3. The molecule has 16 heteroatoms. The molecule has 6 rings (SSSR count). The van der Waals surface area contributed by atoms with Crippen LogP contribution in [0.25, 0.3) is 16.6 Å². The van der Waals surface area contributed by atoms with E-state index in [9.17, 15) is 27.6 Å². The van der Waals surface area contributed by atoms with Crippen molar-refractivity contribution < 1.29 is 27.5 Å². The van der Waals surface area contributed by atoms with Crippen LogP contribution in [0.2, 0.25) is 0 Å². The van der Waals surface area contributed by atoms with Gasteiger partial charge in [-0.25, -0.2) is 4.98 Å². The monoisotopic (exact) mass is 813 g/mol. The highest BCUT2D eigenvalue weighted by atomic mass is 127. The van der Waals surface area contributed by atoms with Gasteiger partial charge in [-0.05, 0) is 62.7 Å². The molecule has 0 unspecified atom stereocenters. The van der Waals surface area contributed by atoms with Crippen molar-refractivity contribution >= 4 is 52.7 Å². The van der Waals surface area contributed by atoms with Gasteiger partial charge in [0.05, 0.1) is 41.1 Å². The summed E-state index contributed by atoms with van der Waals surface area (Å²) in [6.07, 6.45) is -1.49. The van der Waals surface area contributed by atoms with Crippen molar-refractivity contribution in [1.82, 2.24) is 34.3 Å². The number of piperazine rings is 1. The van der Waals surface area contributed by atoms with Gasteiger partial charge in [-0.1, -0.05) is 24.1 Å². The average molecular weight is 814 g/mol. The second-order valence-corrected chi connectivity index (χ2v) is 12.9. The Morgan fingerprint density at radius 2 is 1.68 bits per heavy atom. The second-order valence-electron chi connectivity index (χ2n) is 11.2. The van der Waals surface area contributed by atoms with E-state index in [0.717, 1.165) is 12.1 Å². The lowest BCUT2D eigenvalue weighted by Crippen LogP contribution is -2.50. The molecule has 0 bridgehead atoms. The standard InChI is InChI=1S/C34H27F3IN7O4S/c35-34(36,37)25-7-9-27(10-8-25)49-22-31(47)43-16-14-42(15-17-43)21-30-41-28-6-2-3-23(11-18-50-38)32(28)33(48)45(30)26-5-1-4-24(19-26)29(46)20-44-39-12-13-40-44/h1-10,12-13,19H,14-17,20-22H2. The SMILES string of the molecule is O=C(Cn1nccn1)c1cccc(-n2c(CN3CCN(C(=O)COc4ccc(C(F)(F)F)cc4)CC3)nc3cccc(C#CSI)c3c2=O)c1. The Kier molecular flexibility index (Phi) is 10.8. The Morgan fingerprint density at radius 3 is 2.38 bits per heavy atom. The Hall–Kier alpha value is -4.73. The van der Waals surface area contributed by atoms with Crippen LogP contribution in [0.4, 0.5) is 13.2 Å². The number of amides is 1. The van der Waals surface area contributed by atoms with E-state index in [2.05, 4.69) is 47.5 Å². The molecule has 0 N–H and O–H groups in total.